The zero-order chi connectivity index (χ0) is 25.2. The molecule has 2 amide bonds. The number of amides is 2. The van der Waals surface area contributed by atoms with Crippen molar-refractivity contribution in [2.45, 2.75) is 26.3 Å². The molecule has 3 aliphatic heterocycles. The van der Waals surface area contributed by atoms with Crippen LogP contribution in [0.15, 0.2) is 58.5 Å². The summed E-state index contributed by atoms with van der Waals surface area (Å²) >= 11 is 1.39. The minimum atomic E-state index is -0.376. The minimum Gasteiger partial charge on any atom is -0.495 e. The third kappa shape index (κ3) is 4.72. The van der Waals surface area contributed by atoms with Gasteiger partial charge in [-0.15, -0.1) is 0 Å². The molecule has 0 radical (unpaired) electrons. The number of amidine groups is 2. The number of benzene rings is 2. The zero-order valence-corrected chi connectivity index (χ0v) is 21.7. The van der Waals surface area contributed by atoms with Crippen LogP contribution in [0.5, 0.6) is 5.75 Å². The monoisotopic (exact) mass is 505 g/mol. The van der Waals surface area contributed by atoms with Crippen LogP contribution in [0.25, 0.3) is 0 Å². The van der Waals surface area contributed by atoms with E-state index in [1.165, 1.54) is 11.8 Å². The van der Waals surface area contributed by atoms with Gasteiger partial charge in [0.25, 0.3) is 5.91 Å². The lowest BCUT2D eigenvalue weighted by atomic mass is 10.0. The molecule has 2 aromatic carbocycles. The highest BCUT2D eigenvalue weighted by atomic mass is 32.2. The van der Waals surface area contributed by atoms with Crippen LogP contribution in [0.4, 0.5) is 11.4 Å². The predicted octanol–water partition coefficient (Wildman–Crippen LogP) is 3.78. The number of piperazine rings is 1. The molecule has 1 fully saturated rings. The van der Waals surface area contributed by atoms with Crippen LogP contribution < -0.4 is 9.64 Å². The van der Waals surface area contributed by atoms with E-state index in [2.05, 4.69) is 29.8 Å². The van der Waals surface area contributed by atoms with Crippen molar-refractivity contribution in [3.05, 3.63) is 54.1 Å². The van der Waals surface area contributed by atoms with Crippen molar-refractivity contribution in [1.82, 2.24) is 9.80 Å². The molecule has 0 saturated carbocycles. The van der Waals surface area contributed by atoms with Crippen molar-refractivity contribution in [2.24, 2.45) is 15.9 Å². The molecule has 0 aromatic heterocycles. The smallest absolute Gasteiger partial charge is 0.270 e. The lowest BCUT2D eigenvalue weighted by Crippen LogP contribution is -2.50. The van der Waals surface area contributed by atoms with Crippen molar-refractivity contribution >= 4 is 46.0 Å². The average molecular weight is 506 g/mol. The summed E-state index contributed by atoms with van der Waals surface area (Å²) in [7, 11) is 1.68. The first kappa shape index (κ1) is 24.4. The Kier molecular flexibility index (Phi) is 7.00. The number of ether oxygens (including phenoxy) is 1. The summed E-state index contributed by atoms with van der Waals surface area (Å²) in [5.74, 6) is 2.03. The number of nitrogens with zero attached hydrogens (tertiary/aromatic N) is 5. The number of methoxy groups -OCH3 is 1. The summed E-state index contributed by atoms with van der Waals surface area (Å²) in [6.07, 6.45) is 0.687. The SMILES string of the molecule is COc1ccccc1N1CCN(C(=O)CSC2=Nc3ccccc3C3=NC(=O)C(CC(C)C)N23)CC1. The highest BCUT2D eigenvalue weighted by Gasteiger charge is 2.42. The Morgan fingerprint density at radius 2 is 1.78 bits per heavy atom. The van der Waals surface area contributed by atoms with Crippen molar-refractivity contribution < 1.29 is 14.3 Å². The Bertz CT molecular complexity index is 1220. The van der Waals surface area contributed by atoms with E-state index in [1.807, 2.05) is 52.3 Å². The first-order valence-electron chi connectivity index (χ1n) is 12.3. The van der Waals surface area contributed by atoms with Gasteiger partial charge in [-0.2, -0.15) is 4.99 Å². The van der Waals surface area contributed by atoms with Crippen molar-refractivity contribution in [2.75, 3.05) is 43.9 Å². The lowest BCUT2D eigenvalue weighted by Gasteiger charge is -2.37. The largest absolute Gasteiger partial charge is 0.495 e. The summed E-state index contributed by atoms with van der Waals surface area (Å²) in [5, 5.41) is 0.671. The van der Waals surface area contributed by atoms with E-state index in [1.54, 1.807) is 7.11 Å². The van der Waals surface area contributed by atoms with Gasteiger partial charge in [-0.3, -0.25) is 14.5 Å². The molecule has 188 valence electrons. The quantitative estimate of drug-likeness (QED) is 0.595. The molecule has 9 heteroatoms. The molecule has 3 aliphatic rings. The van der Waals surface area contributed by atoms with Gasteiger partial charge < -0.3 is 14.5 Å². The standard InChI is InChI=1S/C27H31N5O3S/c1-18(2)16-22-26(34)29-25-19-8-4-5-9-20(19)28-27(32(22)25)36-17-24(33)31-14-12-30(13-15-31)21-10-6-7-11-23(21)35-3/h4-11,18,22H,12-17H2,1-3H3. The van der Waals surface area contributed by atoms with Crippen LogP contribution in [0.3, 0.4) is 0 Å². The van der Waals surface area contributed by atoms with Gasteiger partial charge in [-0.05, 0) is 36.6 Å². The molecule has 0 aliphatic carbocycles. The average Bonchev–Trinajstić information content (AvgIpc) is 3.22. The highest BCUT2D eigenvalue weighted by Crippen LogP contribution is 2.36. The summed E-state index contributed by atoms with van der Waals surface area (Å²) in [6, 6.07) is 15.3. The number of thioether (sulfide) groups is 1. The van der Waals surface area contributed by atoms with Gasteiger partial charge in [0.15, 0.2) is 5.17 Å². The Balaban J connectivity index is 1.27. The molecule has 1 atom stereocenters. The summed E-state index contributed by atoms with van der Waals surface area (Å²) < 4.78 is 5.50. The highest BCUT2D eigenvalue weighted by molar-refractivity contribution is 8.14. The number of fused-ring (bicyclic) bond motifs is 3. The van der Waals surface area contributed by atoms with E-state index in [9.17, 15) is 9.59 Å². The number of carbonyl (C=O) groups excluding carboxylic acids is 2. The number of carbonyl (C=O) groups is 2. The predicted molar refractivity (Wildman–Crippen MR) is 144 cm³/mol. The Hall–Kier alpha value is -3.33. The van der Waals surface area contributed by atoms with E-state index in [0.29, 0.717) is 36.4 Å². The Morgan fingerprint density at radius 1 is 1.06 bits per heavy atom. The summed E-state index contributed by atoms with van der Waals surface area (Å²) in [5.41, 5.74) is 2.70. The van der Waals surface area contributed by atoms with Crippen LogP contribution in [-0.2, 0) is 9.59 Å². The van der Waals surface area contributed by atoms with Gasteiger partial charge >= 0.3 is 0 Å². The molecular formula is C27H31N5O3S. The molecule has 1 saturated heterocycles. The molecule has 36 heavy (non-hydrogen) atoms. The normalized spacial score (nSPS) is 19.2. The number of anilines is 1. The fraction of sp³-hybridized carbons (Fsp3) is 0.407. The fourth-order valence-corrected chi connectivity index (χ4v) is 5.83. The number of aliphatic imine (C=N–C) groups is 2. The Morgan fingerprint density at radius 3 is 2.53 bits per heavy atom. The molecule has 0 spiro atoms. The minimum absolute atomic E-state index is 0.0747. The second kappa shape index (κ2) is 10.3. The molecule has 5 rings (SSSR count). The number of para-hydroxylation sites is 3. The summed E-state index contributed by atoms with van der Waals surface area (Å²) in [6.45, 7) is 7.00. The van der Waals surface area contributed by atoms with Crippen LogP contribution >= 0.6 is 11.8 Å². The van der Waals surface area contributed by atoms with Gasteiger partial charge in [0.1, 0.15) is 17.6 Å². The topological polar surface area (TPSA) is 77.8 Å². The van der Waals surface area contributed by atoms with E-state index in [-0.39, 0.29) is 23.6 Å². The maximum absolute atomic E-state index is 13.2. The van der Waals surface area contributed by atoms with Crippen molar-refractivity contribution in [3.63, 3.8) is 0 Å². The second-order valence-electron chi connectivity index (χ2n) is 9.53. The maximum Gasteiger partial charge on any atom is 0.270 e. The van der Waals surface area contributed by atoms with Crippen molar-refractivity contribution in [1.29, 1.82) is 0 Å². The molecule has 1 unspecified atom stereocenters. The van der Waals surface area contributed by atoms with Crippen LogP contribution in [0.1, 0.15) is 25.8 Å². The number of hydrogen-bond donors (Lipinski definition) is 0. The summed E-state index contributed by atoms with van der Waals surface area (Å²) in [4.78, 5) is 41.4. The maximum atomic E-state index is 13.2. The third-order valence-corrected chi connectivity index (χ3v) is 7.62. The van der Waals surface area contributed by atoms with E-state index >= 15 is 0 Å². The Labute approximate surface area is 216 Å². The fourth-order valence-electron chi connectivity index (χ4n) is 4.88. The lowest BCUT2D eigenvalue weighted by molar-refractivity contribution is -0.128. The first-order chi connectivity index (χ1) is 17.5. The first-order valence-corrected chi connectivity index (χ1v) is 13.3. The van der Waals surface area contributed by atoms with Gasteiger partial charge in [0.2, 0.25) is 5.91 Å². The van der Waals surface area contributed by atoms with Gasteiger partial charge in [0.05, 0.1) is 24.2 Å². The van der Waals surface area contributed by atoms with E-state index in [4.69, 9.17) is 9.73 Å². The number of hydrogen-bond acceptors (Lipinski definition) is 7. The van der Waals surface area contributed by atoms with Gasteiger partial charge in [-0.1, -0.05) is 49.9 Å². The van der Waals surface area contributed by atoms with E-state index < -0.39 is 0 Å². The van der Waals surface area contributed by atoms with Gasteiger partial charge in [-0.25, -0.2) is 4.99 Å². The van der Waals surface area contributed by atoms with E-state index in [0.717, 1.165) is 35.8 Å². The van der Waals surface area contributed by atoms with Gasteiger partial charge in [0, 0.05) is 31.7 Å². The molecule has 0 N–H and O–H groups in total. The molecule has 3 heterocycles. The molecular weight excluding hydrogens is 474 g/mol. The van der Waals surface area contributed by atoms with Crippen LogP contribution in [-0.4, -0.2) is 77.7 Å². The second-order valence-corrected chi connectivity index (χ2v) is 10.5. The molecule has 8 nitrogen and oxygen atoms in total. The zero-order valence-electron chi connectivity index (χ0n) is 20.9. The van der Waals surface area contributed by atoms with Crippen molar-refractivity contribution in [3.8, 4) is 5.75 Å². The number of rotatable bonds is 6. The third-order valence-electron chi connectivity index (χ3n) is 6.69. The van der Waals surface area contributed by atoms with Crippen LogP contribution in [0, 0.1) is 5.92 Å². The van der Waals surface area contributed by atoms with Crippen LogP contribution in [0.2, 0.25) is 0 Å². The molecule has 0 bridgehead atoms. The molecule has 2 aromatic rings.